The molecule has 4 heteroatoms. The summed E-state index contributed by atoms with van der Waals surface area (Å²) in [5.74, 6) is -0.341. The van der Waals surface area contributed by atoms with E-state index in [1.807, 2.05) is 54.9 Å². The fraction of sp³-hybridized carbons (Fsp3) is 0.0625. The highest BCUT2D eigenvalue weighted by Crippen LogP contribution is 2.27. The largest absolute Gasteiger partial charge is 0.465 e. The second-order valence-electron chi connectivity index (χ2n) is 4.46. The molecule has 2 heterocycles. The van der Waals surface area contributed by atoms with Gasteiger partial charge in [-0.15, -0.1) is 0 Å². The maximum Gasteiger partial charge on any atom is 0.337 e. The maximum atomic E-state index is 11.8. The minimum absolute atomic E-state index is 0.341. The van der Waals surface area contributed by atoms with E-state index < -0.39 is 0 Å². The van der Waals surface area contributed by atoms with E-state index in [0.29, 0.717) is 5.56 Å². The van der Waals surface area contributed by atoms with Gasteiger partial charge in [0.15, 0.2) is 0 Å². The average molecular weight is 266 g/mol. The van der Waals surface area contributed by atoms with Crippen LogP contribution in [0.3, 0.4) is 0 Å². The van der Waals surface area contributed by atoms with Crippen molar-refractivity contribution in [1.82, 2.24) is 9.97 Å². The summed E-state index contributed by atoms with van der Waals surface area (Å²) in [7, 11) is 1.39. The number of rotatable bonds is 3. The van der Waals surface area contributed by atoms with Crippen LogP contribution in [0.1, 0.15) is 10.4 Å². The number of nitrogens with one attached hydrogen (secondary N) is 2. The summed E-state index contributed by atoms with van der Waals surface area (Å²) < 4.78 is 4.82. The number of esters is 1. The fourth-order valence-electron chi connectivity index (χ4n) is 2.19. The molecule has 20 heavy (non-hydrogen) atoms. The molecule has 0 aliphatic heterocycles. The third-order valence-corrected chi connectivity index (χ3v) is 3.17. The standard InChI is InChI=1S/C16H14N2O2/c1-20-16(19)13-9-11(14-4-2-6-17-14)8-12(10-13)15-5-3-7-18-15/h2-10,17-18H,1H3. The Labute approximate surface area is 116 Å². The summed E-state index contributed by atoms with van der Waals surface area (Å²) in [6.07, 6.45) is 3.71. The van der Waals surface area contributed by atoms with Gasteiger partial charge in [-0.25, -0.2) is 4.79 Å². The Morgan fingerprint density at radius 1 is 0.950 bits per heavy atom. The maximum absolute atomic E-state index is 11.8. The number of hydrogen-bond acceptors (Lipinski definition) is 2. The molecule has 1 aromatic carbocycles. The van der Waals surface area contributed by atoms with Crippen molar-refractivity contribution in [3.8, 4) is 22.5 Å². The zero-order chi connectivity index (χ0) is 13.9. The summed E-state index contributed by atoms with van der Waals surface area (Å²) >= 11 is 0. The Hall–Kier alpha value is -2.75. The molecule has 0 aliphatic rings. The van der Waals surface area contributed by atoms with Crippen molar-refractivity contribution in [3.05, 3.63) is 60.4 Å². The van der Waals surface area contributed by atoms with Crippen molar-refractivity contribution in [1.29, 1.82) is 0 Å². The van der Waals surface area contributed by atoms with Crippen molar-refractivity contribution in [2.24, 2.45) is 0 Å². The minimum atomic E-state index is -0.341. The Kier molecular flexibility index (Phi) is 3.13. The summed E-state index contributed by atoms with van der Waals surface area (Å²) in [6, 6.07) is 13.5. The number of H-pyrrole nitrogens is 2. The molecular weight excluding hydrogens is 252 g/mol. The number of aromatic amines is 2. The van der Waals surface area contributed by atoms with Crippen LogP contribution in [0.5, 0.6) is 0 Å². The third kappa shape index (κ3) is 2.23. The van der Waals surface area contributed by atoms with Gasteiger partial charge in [-0.05, 0) is 53.6 Å². The summed E-state index contributed by atoms with van der Waals surface area (Å²) in [5, 5.41) is 0. The monoisotopic (exact) mass is 266 g/mol. The molecule has 4 nitrogen and oxygen atoms in total. The van der Waals surface area contributed by atoms with E-state index in [0.717, 1.165) is 22.5 Å². The molecule has 0 amide bonds. The van der Waals surface area contributed by atoms with Gasteiger partial charge < -0.3 is 14.7 Å². The van der Waals surface area contributed by atoms with Crippen LogP contribution in [0.15, 0.2) is 54.9 Å². The highest BCUT2D eigenvalue weighted by atomic mass is 16.5. The molecule has 3 rings (SSSR count). The van der Waals surface area contributed by atoms with Crippen molar-refractivity contribution >= 4 is 5.97 Å². The first-order valence-electron chi connectivity index (χ1n) is 6.29. The van der Waals surface area contributed by atoms with Crippen LogP contribution < -0.4 is 0 Å². The van der Waals surface area contributed by atoms with E-state index in [9.17, 15) is 4.79 Å². The van der Waals surface area contributed by atoms with Gasteiger partial charge in [0, 0.05) is 23.8 Å². The molecule has 3 aromatic rings. The van der Waals surface area contributed by atoms with Gasteiger partial charge in [-0.2, -0.15) is 0 Å². The molecule has 0 fully saturated rings. The smallest absolute Gasteiger partial charge is 0.337 e. The lowest BCUT2D eigenvalue weighted by molar-refractivity contribution is 0.0601. The first-order chi connectivity index (χ1) is 9.78. The van der Waals surface area contributed by atoms with E-state index in [-0.39, 0.29) is 5.97 Å². The second-order valence-corrected chi connectivity index (χ2v) is 4.46. The molecule has 0 atom stereocenters. The lowest BCUT2D eigenvalue weighted by atomic mass is 10.0. The summed E-state index contributed by atoms with van der Waals surface area (Å²) in [5.41, 5.74) is 4.35. The first kappa shape index (κ1) is 12.3. The Morgan fingerprint density at radius 3 is 1.90 bits per heavy atom. The minimum Gasteiger partial charge on any atom is -0.465 e. The highest BCUT2D eigenvalue weighted by molar-refractivity contribution is 5.93. The van der Waals surface area contributed by atoms with E-state index in [1.54, 1.807) is 0 Å². The van der Waals surface area contributed by atoms with Gasteiger partial charge in [0.2, 0.25) is 0 Å². The molecule has 100 valence electrons. The fourth-order valence-corrected chi connectivity index (χ4v) is 2.19. The number of methoxy groups -OCH3 is 1. The molecule has 0 saturated heterocycles. The Bertz CT molecular complexity index is 661. The van der Waals surface area contributed by atoms with Gasteiger partial charge in [0.25, 0.3) is 0 Å². The quantitative estimate of drug-likeness (QED) is 0.713. The molecule has 0 bridgehead atoms. The highest BCUT2D eigenvalue weighted by Gasteiger charge is 2.11. The van der Waals surface area contributed by atoms with Crippen LogP contribution in [0.25, 0.3) is 22.5 Å². The molecular formula is C16H14N2O2. The van der Waals surface area contributed by atoms with Gasteiger partial charge in [-0.3, -0.25) is 0 Å². The topological polar surface area (TPSA) is 57.9 Å². The number of carbonyl (C=O) groups is 1. The normalized spacial score (nSPS) is 10.4. The van der Waals surface area contributed by atoms with Gasteiger partial charge in [0.05, 0.1) is 12.7 Å². The van der Waals surface area contributed by atoms with Crippen molar-refractivity contribution < 1.29 is 9.53 Å². The molecule has 0 spiro atoms. The van der Waals surface area contributed by atoms with Crippen LogP contribution in [0.2, 0.25) is 0 Å². The van der Waals surface area contributed by atoms with E-state index >= 15 is 0 Å². The van der Waals surface area contributed by atoms with Gasteiger partial charge in [-0.1, -0.05) is 0 Å². The number of hydrogen-bond donors (Lipinski definition) is 2. The van der Waals surface area contributed by atoms with E-state index in [2.05, 4.69) is 9.97 Å². The average Bonchev–Trinajstić information content (AvgIpc) is 3.18. The van der Waals surface area contributed by atoms with E-state index in [4.69, 9.17) is 4.74 Å². The van der Waals surface area contributed by atoms with Crippen LogP contribution in [0, 0.1) is 0 Å². The first-order valence-corrected chi connectivity index (χ1v) is 6.29. The number of benzene rings is 1. The molecule has 0 aliphatic carbocycles. The number of aromatic nitrogens is 2. The molecule has 0 unspecified atom stereocenters. The van der Waals surface area contributed by atoms with Crippen LogP contribution >= 0.6 is 0 Å². The molecule has 0 saturated carbocycles. The predicted octanol–water partition coefficient (Wildman–Crippen LogP) is 3.46. The number of ether oxygens (including phenoxy) is 1. The summed E-state index contributed by atoms with van der Waals surface area (Å²) in [6.45, 7) is 0. The van der Waals surface area contributed by atoms with E-state index in [1.165, 1.54) is 7.11 Å². The van der Waals surface area contributed by atoms with Crippen molar-refractivity contribution in [2.75, 3.05) is 7.11 Å². The van der Waals surface area contributed by atoms with Gasteiger partial charge in [0.1, 0.15) is 0 Å². The lowest BCUT2D eigenvalue weighted by Gasteiger charge is -2.07. The predicted molar refractivity (Wildman–Crippen MR) is 77.4 cm³/mol. The SMILES string of the molecule is COC(=O)c1cc(-c2ccc[nH]2)cc(-c2ccc[nH]2)c1. The Morgan fingerprint density at radius 2 is 1.50 bits per heavy atom. The zero-order valence-corrected chi connectivity index (χ0v) is 11.0. The van der Waals surface area contributed by atoms with Crippen molar-refractivity contribution in [2.45, 2.75) is 0 Å². The van der Waals surface area contributed by atoms with Gasteiger partial charge >= 0.3 is 5.97 Å². The lowest BCUT2D eigenvalue weighted by Crippen LogP contribution is -2.02. The third-order valence-electron chi connectivity index (χ3n) is 3.17. The molecule has 2 aromatic heterocycles. The van der Waals surface area contributed by atoms with Crippen molar-refractivity contribution in [3.63, 3.8) is 0 Å². The van der Waals surface area contributed by atoms with Crippen LogP contribution in [0.4, 0.5) is 0 Å². The number of carbonyl (C=O) groups excluding carboxylic acids is 1. The van der Waals surface area contributed by atoms with Crippen LogP contribution in [-0.4, -0.2) is 23.0 Å². The molecule has 0 radical (unpaired) electrons. The van der Waals surface area contributed by atoms with Crippen LogP contribution in [-0.2, 0) is 4.74 Å². The molecule has 2 N–H and O–H groups in total. The zero-order valence-electron chi connectivity index (χ0n) is 11.0. The summed E-state index contributed by atoms with van der Waals surface area (Å²) in [4.78, 5) is 18.1. The second kappa shape index (κ2) is 5.09. The Balaban J connectivity index is 2.15.